The molecule has 2 N–H and O–H groups in total. The van der Waals surface area contributed by atoms with Gasteiger partial charge in [0, 0.05) is 17.8 Å². The molecular formula is C14H25Cl2N3. The van der Waals surface area contributed by atoms with Gasteiger partial charge in [-0.2, -0.15) is 0 Å². The summed E-state index contributed by atoms with van der Waals surface area (Å²) >= 11 is 0. The predicted molar refractivity (Wildman–Crippen MR) is 83.4 cm³/mol. The average molecular weight is 306 g/mol. The molecule has 5 heteroatoms. The normalized spacial score (nSPS) is 26.3. The lowest BCUT2D eigenvalue weighted by atomic mass is 9.89. The molecule has 110 valence electrons. The van der Waals surface area contributed by atoms with Crippen LogP contribution in [0.15, 0.2) is 12.5 Å². The van der Waals surface area contributed by atoms with Crippen molar-refractivity contribution in [1.29, 1.82) is 0 Å². The molecule has 0 bridgehead atoms. The first kappa shape index (κ1) is 16.8. The molecule has 3 nitrogen and oxygen atoms in total. The number of hydrogen-bond donors (Lipinski definition) is 2. The van der Waals surface area contributed by atoms with Crippen molar-refractivity contribution < 1.29 is 0 Å². The molecule has 2 saturated carbocycles. The zero-order valence-electron chi connectivity index (χ0n) is 11.3. The van der Waals surface area contributed by atoms with Gasteiger partial charge < -0.3 is 10.3 Å². The van der Waals surface area contributed by atoms with Crippen LogP contribution in [0.2, 0.25) is 0 Å². The van der Waals surface area contributed by atoms with Crippen LogP contribution >= 0.6 is 24.8 Å². The van der Waals surface area contributed by atoms with Crippen LogP contribution in [0, 0.1) is 11.8 Å². The molecule has 1 heterocycles. The Morgan fingerprint density at radius 3 is 2.63 bits per heavy atom. The molecule has 0 saturated heterocycles. The lowest BCUT2D eigenvalue weighted by Gasteiger charge is -2.21. The number of aromatic nitrogens is 2. The van der Waals surface area contributed by atoms with Crippen LogP contribution in [0.4, 0.5) is 0 Å². The maximum absolute atomic E-state index is 4.10. The van der Waals surface area contributed by atoms with Crippen molar-refractivity contribution in [2.24, 2.45) is 11.8 Å². The van der Waals surface area contributed by atoms with Gasteiger partial charge in [0.1, 0.15) is 0 Å². The Morgan fingerprint density at radius 2 is 1.95 bits per heavy atom. The highest BCUT2D eigenvalue weighted by Gasteiger charge is 2.38. The SMILES string of the molecule is Cl.Cl.c1ncc([C@@H]2C[C@H]2CNCC2CCCCC2)[nH]1. The number of halogens is 2. The molecule has 0 spiro atoms. The number of aromatic amines is 1. The summed E-state index contributed by atoms with van der Waals surface area (Å²) in [7, 11) is 0. The van der Waals surface area contributed by atoms with E-state index in [-0.39, 0.29) is 24.8 Å². The molecule has 0 amide bonds. The largest absolute Gasteiger partial charge is 0.348 e. The van der Waals surface area contributed by atoms with E-state index in [2.05, 4.69) is 15.3 Å². The molecule has 19 heavy (non-hydrogen) atoms. The zero-order valence-corrected chi connectivity index (χ0v) is 12.9. The molecule has 2 atom stereocenters. The first-order chi connectivity index (χ1) is 8.43. The Hall–Kier alpha value is -0.250. The van der Waals surface area contributed by atoms with Crippen LogP contribution < -0.4 is 5.32 Å². The van der Waals surface area contributed by atoms with Gasteiger partial charge in [-0.15, -0.1) is 24.8 Å². The third-order valence-electron chi connectivity index (χ3n) is 4.41. The highest BCUT2D eigenvalue weighted by atomic mass is 35.5. The third-order valence-corrected chi connectivity index (χ3v) is 4.41. The molecule has 1 aromatic heterocycles. The van der Waals surface area contributed by atoms with Crippen molar-refractivity contribution in [2.75, 3.05) is 13.1 Å². The van der Waals surface area contributed by atoms with E-state index in [1.54, 1.807) is 6.33 Å². The van der Waals surface area contributed by atoms with E-state index in [0.717, 1.165) is 17.8 Å². The number of rotatable bonds is 5. The topological polar surface area (TPSA) is 40.7 Å². The first-order valence-electron chi connectivity index (χ1n) is 7.12. The molecule has 2 aliphatic rings. The lowest BCUT2D eigenvalue weighted by Crippen LogP contribution is -2.26. The van der Waals surface area contributed by atoms with E-state index in [1.807, 2.05) is 6.20 Å². The maximum Gasteiger partial charge on any atom is 0.0921 e. The Kier molecular flexibility index (Phi) is 7.19. The standard InChI is InChI=1S/C14H23N3.2ClH/c1-2-4-11(5-3-1)7-15-8-12-6-13(12)14-9-16-10-17-14;;/h9-13,15H,1-8H2,(H,16,17);2*1H/t12-,13+;;/m0../s1. The highest BCUT2D eigenvalue weighted by Crippen LogP contribution is 2.45. The minimum Gasteiger partial charge on any atom is -0.348 e. The zero-order chi connectivity index (χ0) is 11.5. The second-order valence-corrected chi connectivity index (χ2v) is 5.77. The third kappa shape index (κ3) is 4.66. The fraction of sp³-hybridized carbons (Fsp3) is 0.786. The molecule has 0 aromatic carbocycles. The van der Waals surface area contributed by atoms with Gasteiger partial charge in [0.2, 0.25) is 0 Å². The van der Waals surface area contributed by atoms with Crippen molar-refractivity contribution in [3.05, 3.63) is 18.2 Å². The van der Waals surface area contributed by atoms with Gasteiger partial charge in [-0.1, -0.05) is 19.3 Å². The summed E-state index contributed by atoms with van der Waals surface area (Å²) in [6.45, 7) is 2.44. The molecular weight excluding hydrogens is 281 g/mol. The van der Waals surface area contributed by atoms with Crippen LogP contribution in [-0.2, 0) is 0 Å². The number of H-pyrrole nitrogens is 1. The summed E-state index contributed by atoms with van der Waals surface area (Å²) in [5, 5.41) is 3.67. The molecule has 2 aliphatic carbocycles. The van der Waals surface area contributed by atoms with Crippen molar-refractivity contribution in [3.8, 4) is 0 Å². The van der Waals surface area contributed by atoms with Gasteiger partial charge in [-0.25, -0.2) is 4.98 Å². The Bertz CT molecular complexity index is 336. The summed E-state index contributed by atoms with van der Waals surface area (Å²) in [4.78, 5) is 7.33. The van der Waals surface area contributed by atoms with E-state index in [4.69, 9.17) is 0 Å². The van der Waals surface area contributed by atoms with E-state index in [0.29, 0.717) is 0 Å². The smallest absolute Gasteiger partial charge is 0.0921 e. The Labute approximate surface area is 128 Å². The summed E-state index contributed by atoms with van der Waals surface area (Å²) in [5.74, 6) is 2.54. The van der Waals surface area contributed by atoms with Gasteiger partial charge >= 0.3 is 0 Å². The van der Waals surface area contributed by atoms with E-state index >= 15 is 0 Å². The lowest BCUT2D eigenvalue weighted by molar-refractivity contribution is 0.340. The second kappa shape index (κ2) is 8.13. The second-order valence-electron chi connectivity index (χ2n) is 5.77. The monoisotopic (exact) mass is 305 g/mol. The molecule has 0 unspecified atom stereocenters. The van der Waals surface area contributed by atoms with Gasteiger partial charge in [-0.05, 0) is 44.2 Å². The van der Waals surface area contributed by atoms with Crippen molar-refractivity contribution in [1.82, 2.24) is 15.3 Å². The number of imidazole rings is 1. The highest BCUT2D eigenvalue weighted by molar-refractivity contribution is 5.85. The van der Waals surface area contributed by atoms with Gasteiger partial charge in [0.15, 0.2) is 0 Å². The Balaban J connectivity index is 0.000000902. The van der Waals surface area contributed by atoms with Crippen molar-refractivity contribution in [3.63, 3.8) is 0 Å². The van der Waals surface area contributed by atoms with Crippen molar-refractivity contribution >= 4 is 24.8 Å². The summed E-state index contributed by atoms with van der Waals surface area (Å²) in [5.41, 5.74) is 1.33. The number of hydrogen-bond acceptors (Lipinski definition) is 2. The average Bonchev–Trinajstić information content (AvgIpc) is 2.93. The maximum atomic E-state index is 4.10. The van der Waals surface area contributed by atoms with Crippen LogP contribution in [0.25, 0.3) is 0 Å². The van der Waals surface area contributed by atoms with Crippen LogP contribution in [0.5, 0.6) is 0 Å². The molecule has 3 rings (SSSR count). The quantitative estimate of drug-likeness (QED) is 0.874. The number of nitrogens with zero attached hydrogens (tertiary/aromatic N) is 1. The molecule has 1 aromatic rings. The van der Waals surface area contributed by atoms with Crippen LogP contribution in [0.3, 0.4) is 0 Å². The molecule has 0 radical (unpaired) electrons. The fourth-order valence-corrected chi connectivity index (χ4v) is 3.19. The predicted octanol–water partition coefficient (Wildman–Crippen LogP) is 3.53. The first-order valence-corrected chi connectivity index (χ1v) is 7.12. The molecule has 2 fully saturated rings. The van der Waals surface area contributed by atoms with Crippen LogP contribution in [-0.4, -0.2) is 23.1 Å². The molecule has 0 aliphatic heterocycles. The van der Waals surface area contributed by atoms with Crippen LogP contribution in [0.1, 0.15) is 50.1 Å². The minimum atomic E-state index is 0. The summed E-state index contributed by atoms with van der Waals surface area (Å²) < 4.78 is 0. The summed E-state index contributed by atoms with van der Waals surface area (Å²) in [6, 6.07) is 0. The van der Waals surface area contributed by atoms with E-state index in [1.165, 1.54) is 57.3 Å². The van der Waals surface area contributed by atoms with E-state index < -0.39 is 0 Å². The van der Waals surface area contributed by atoms with Crippen molar-refractivity contribution in [2.45, 2.75) is 44.4 Å². The summed E-state index contributed by atoms with van der Waals surface area (Å²) in [6.07, 6.45) is 12.4. The Morgan fingerprint density at radius 1 is 1.16 bits per heavy atom. The number of nitrogens with one attached hydrogen (secondary N) is 2. The van der Waals surface area contributed by atoms with E-state index in [9.17, 15) is 0 Å². The van der Waals surface area contributed by atoms with Gasteiger partial charge in [0.25, 0.3) is 0 Å². The van der Waals surface area contributed by atoms with Gasteiger partial charge in [-0.3, -0.25) is 0 Å². The fourth-order valence-electron chi connectivity index (χ4n) is 3.19. The minimum absolute atomic E-state index is 0. The van der Waals surface area contributed by atoms with Gasteiger partial charge in [0.05, 0.1) is 6.33 Å².